The van der Waals surface area contributed by atoms with E-state index in [1.807, 2.05) is 0 Å². The highest BCUT2D eigenvalue weighted by Gasteiger charge is 2.14. The van der Waals surface area contributed by atoms with Crippen LogP contribution in [0.3, 0.4) is 0 Å². The molecule has 0 heterocycles. The van der Waals surface area contributed by atoms with Gasteiger partial charge in [-0.15, -0.1) is 0 Å². The summed E-state index contributed by atoms with van der Waals surface area (Å²) in [4.78, 5) is 0. The lowest BCUT2D eigenvalue weighted by Crippen LogP contribution is -1.92. The molecule has 0 aliphatic rings. The molecule has 33 heavy (non-hydrogen) atoms. The van der Waals surface area contributed by atoms with Crippen LogP contribution in [0.4, 0.5) is 0 Å². The summed E-state index contributed by atoms with van der Waals surface area (Å²) in [6, 6.07) is 19.1. The summed E-state index contributed by atoms with van der Waals surface area (Å²) in [6.45, 7) is 0. The second-order valence-electron chi connectivity index (χ2n) is 6.68. The Morgan fingerprint density at radius 3 is 1.61 bits per heavy atom. The van der Waals surface area contributed by atoms with Crippen molar-refractivity contribution in [1.29, 1.82) is 0 Å². The van der Waals surface area contributed by atoms with Gasteiger partial charge in [0.25, 0.3) is 0 Å². The molecular formula is C24H13Cl5O4. The predicted molar refractivity (Wildman–Crippen MR) is 133 cm³/mol. The molecule has 168 valence electrons. The maximum Gasteiger partial charge on any atom is 0.171 e. The fraction of sp³-hybridized carbons (Fsp3) is 0. The maximum absolute atomic E-state index is 9.98. The highest BCUT2D eigenvalue weighted by atomic mass is 35.5. The third-order valence-corrected chi connectivity index (χ3v) is 5.59. The SMILES string of the molecule is Oc1cc(Cl)ccc1Oc1ccc(Oc2cc(Cl)ccc2Oc2ccc(Cl)cc2Cl)cc1Cl. The lowest BCUT2D eigenvalue weighted by Gasteiger charge is -2.15. The highest BCUT2D eigenvalue weighted by Crippen LogP contribution is 2.42. The maximum atomic E-state index is 9.98. The van der Waals surface area contributed by atoms with Gasteiger partial charge < -0.3 is 19.3 Å². The van der Waals surface area contributed by atoms with Crippen LogP contribution in [-0.2, 0) is 0 Å². The number of rotatable bonds is 6. The van der Waals surface area contributed by atoms with Crippen LogP contribution in [0.15, 0.2) is 72.8 Å². The molecule has 0 unspecified atom stereocenters. The first-order valence-corrected chi connectivity index (χ1v) is 11.2. The number of phenolic OH excluding ortho intramolecular Hbond substituents is 1. The number of ether oxygens (including phenoxy) is 3. The Bertz CT molecular complexity index is 1330. The topological polar surface area (TPSA) is 47.9 Å². The van der Waals surface area contributed by atoms with Crippen molar-refractivity contribution in [3.05, 3.63) is 97.9 Å². The van der Waals surface area contributed by atoms with Crippen LogP contribution < -0.4 is 14.2 Å². The highest BCUT2D eigenvalue weighted by molar-refractivity contribution is 6.35. The van der Waals surface area contributed by atoms with Gasteiger partial charge in [0.05, 0.1) is 10.0 Å². The van der Waals surface area contributed by atoms with Crippen LogP contribution in [0.25, 0.3) is 0 Å². The van der Waals surface area contributed by atoms with Gasteiger partial charge in [0.15, 0.2) is 23.0 Å². The normalized spacial score (nSPS) is 10.7. The van der Waals surface area contributed by atoms with Gasteiger partial charge in [-0.25, -0.2) is 0 Å². The number of halogens is 5. The first-order chi connectivity index (χ1) is 15.8. The molecule has 0 radical (unpaired) electrons. The van der Waals surface area contributed by atoms with Crippen molar-refractivity contribution in [1.82, 2.24) is 0 Å². The van der Waals surface area contributed by atoms with Gasteiger partial charge in [0.1, 0.15) is 17.2 Å². The van der Waals surface area contributed by atoms with Crippen molar-refractivity contribution in [2.24, 2.45) is 0 Å². The molecule has 4 aromatic rings. The average Bonchev–Trinajstić information content (AvgIpc) is 2.75. The molecule has 0 saturated heterocycles. The number of aromatic hydroxyl groups is 1. The Morgan fingerprint density at radius 1 is 0.455 bits per heavy atom. The molecule has 1 N–H and O–H groups in total. The lowest BCUT2D eigenvalue weighted by atomic mass is 10.3. The van der Waals surface area contributed by atoms with E-state index in [0.717, 1.165) is 0 Å². The van der Waals surface area contributed by atoms with Crippen LogP contribution in [-0.4, -0.2) is 5.11 Å². The van der Waals surface area contributed by atoms with E-state index in [2.05, 4.69) is 0 Å². The van der Waals surface area contributed by atoms with Gasteiger partial charge in [-0.2, -0.15) is 0 Å². The van der Waals surface area contributed by atoms with Gasteiger partial charge in [-0.3, -0.25) is 0 Å². The van der Waals surface area contributed by atoms with E-state index in [0.29, 0.717) is 48.8 Å². The summed E-state index contributed by atoms with van der Waals surface area (Å²) in [5.74, 6) is 1.94. The number of phenols is 1. The molecule has 0 bridgehead atoms. The molecular weight excluding hydrogens is 530 g/mol. The van der Waals surface area contributed by atoms with Gasteiger partial charge >= 0.3 is 0 Å². The van der Waals surface area contributed by atoms with E-state index in [1.165, 1.54) is 12.1 Å². The van der Waals surface area contributed by atoms with Crippen LogP contribution in [0.5, 0.6) is 40.2 Å². The quantitative estimate of drug-likeness (QED) is 0.263. The molecule has 0 spiro atoms. The molecule has 0 amide bonds. The van der Waals surface area contributed by atoms with E-state index >= 15 is 0 Å². The third-order valence-electron chi connectivity index (χ3n) is 4.29. The summed E-state index contributed by atoms with van der Waals surface area (Å²) < 4.78 is 17.6. The van der Waals surface area contributed by atoms with Gasteiger partial charge in [0.2, 0.25) is 0 Å². The molecule has 0 aliphatic carbocycles. The molecule has 4 rings (SSSR count). The largest absolute Gasteiger partial charge is 0.504 e. The standard InChI is InChI=1S/C24H13Cl5O4/c25-13-1-5-20(17(28)9-13)33-23-7-3-15(27)11-24(23)31-16-4-8-21(18(29)12-16)32-22-6-2-14(26)10-19(22)30/h1-12,30H. The van der Waals surface area contributed by atoms with Gasteiger partial charge in [0, 0.05) is 33.3 Å². The number of benzene rings is 4. The third kappa shape index (κ3) is 5.91. The van der Waals surface area contributed by atoms with E-state index in [1.54, 1.807) is 60.7 Å². The van der Waals surface area contributed by atoms with Gasteiger partial charge in [-0.1, -0.05) is 58.0 Å². The van der Waals surface area contributed by atoms with Crippen molar-refractivity contribution in [2.75, 3.05) is 0 Å². The number of hydrogen-bond acceptors (Lipinski definition) is 4. The van der Waals surface area contributed by atoms with Crippen molar-refractivity contribution in [2.45, 2.75) is 0 Å². The van der Waals surface area contributed by atoms with E-state index in [4.69, 9.17) is 72.2 Å². The molecule has 4 nitrogen and oxygen atoms in total. The summed E-state index contributed by atoms with van der Waals surface area (Å²) in [6.07, 6.45) is 0. The molecule has 4 aromatic carbocycles. The first-order valence-electron chi connectivity index (χ1n) is 9.35. The average molecular weight is 543 g/mol. The molecule has 0 fully saturated rings. The fourth-order valence-electron chi connectivity index (χ4n) is 2.77. The fourth-order valence-corrected chi connectivity index (χ4v) is 3.76. The Morgan fingerprint density at radius 2 is 0.970 bits per heavy atom. The van der Waals surface area contributed by atoms with Gasteiger partial charge in [-0.05, 0) is 54.6 Å². The summed E-state index contributed by atoms with van der Waals surface area (Å²) >= 11 is 30.5. The smallest absolute Gasteiger partial charge is 0.171 e. The lowest BCUT2D eigenvalue weighted by molar-refractivity contribution is 0.408. The van der Waals surface area contributed by atoms with Crippen LogP contribution in [0.1, 0.15) is 0 Å². The van der Waals surface area contributed by atoms with Crippen LogP contribution >= 0.6 is 58.0 Å². The molecule has 9 heteroatoms. The minimum absolute atomic E-state index is 0.111. The zero-order chi connectivity index (χ0) is 23.5. The summed E-state index contributed by atoms with van der Waals surface area (Å²) in [7, 11) is 0. The van der Waals surface area contributed by atoms with Crippen molar-refractivity contribution < 1.29 is 19.3 Å². The zero-order valence-corrected chi connectivity index (χ0v) is 20.3. The summed E-state index contributed by atoms with van der Waals surface area (Å²) in [5.41, 5.74) is 0. The Labute approximate surface area is 214 Å². The predicted octanol–water partition coefficient (Wildman–Crippen LogP) is 10.0. The monoisotopic (exact) mass is 540 g/mol. The minimum Gasteiger partial charge on any atom is -0.504 e. The number of hydrogen-bond donors (Lipinski definition) is 1. The minimum atomic E-state index is -0.111. The van der Waals surface area contributed by atoms with Crippen molar-refractivity contribution >= 4 is 58.0 Å². The molecule has 0 atom stereocenters. The van der Waals surface area contributed by atoms with E-state index < -0.39 is 0 Å². The zero-order valence-electron chi connectivity index (χ0n) is 16.5. The summed E-state index contributed by atoms with van der Waals surface area (Å²) in [5, 5.41) is 11.9. The molecule has 0 aromatic heterocycles. The van der Waals surface area contributed by atoms with Crippen LogP contribution in [0.2, 0.25) is 25.1 Å². The van der Waals surface area contributed by atoms with E-state index in [9.17, 15) is 5.11 Å². The second-order valence-corrected chi connectivity index (χ2v) is 8.80. The second kappa shape index (κ2) is 10.2. The van der Waals surface area contributed by atoms with Crippen molar-refractivity contribution in [3.63, 3.8) is 0 Å². The molecule has 0 aliphatic heterocycles. The van der Waals surface area contributed by atoms with E-state index in [-0.39, 0.29) is 16.5 Å². The van der Waals surface area contributed by atoms with Crippen LogP contribution in [0, 0.1) is 0 Å². The Balaban J connectivity index is 1.57. The first kappa shape index (κ1) is 23.7. The Hall–Kier alpha value is -2.47. The Kier molecular flexibility index (Phi) is 7.32. The molecule has 0 saturated carbocycles. The van der Waals surface area contributed by atoms with Crippen molar-refractivity contribution in [3.8, 4) is 40.2 Å².